The normalized spacial score (nSPS) is 28.1. The highest BCUT2D eigenvalue weighted by Gasteiger charge is 2.21. The van der Waals surface area contributed by atoms with Crippen LogP contribution in [-0.4, -0.2) is 23.8 Å². The highest BCUT2D eigenvalue weighted by atomic mass is 16.3. The highest BCUT2D eigenvalue weighted by Crippen LogP contribution is 2.26. The average molecular weight is 241 g/mol. The molecule has 2 heteroatoms. The largest absolute Gasteiger partial charge is 0.396 e. The molecule has 1 saturated carbocycles. The Morgan fingerprint density at radius 1 is 1.18 bits per heavy atom. The van der Waals surface area contributed by atoms with Crippen LogP contribution in [0.15, 0.2) is 0 Å². The lowest BCUT2D eigenvalue weighted by Gasteiger charge is -2.27. The minimum absolute atomic E-state index is 0.306. The minimum atomic E-state index is 0.306. The van der Waals surface area contributed by atoms with Crippen LogP contribution in [0.5, 0.6) is 0 Å². The Bertz CT molecular complexity index is 193. The zero-order valence-corrected chi connectivity index (χ0v) is 11.9. The van der Waals surface area contributed by atoms with Crippen molar-refractivity contribution < 1.29 is 5.11 Å². The van der Waals surface area contributed by atoms with E-state index in [1.807, 2.05) is 0 Å². The van der Waals surface area contributed by atoms with Crippen molar-refractivity contribution in [1.29, 1.82) is 0 Å². The molecule has 0 aliphatic heterocycles. The molecule has 0 spiro atoms. The summed E-state index contributed by atoms with van der Waals surface area (Å²) < 4.78 is 0. The summed E-state index contributed by atoms with van der Waals surface area (Å²) in [5.41, 5.74) is 0. The zero-order valence-electron chi connectivity index (χ0n) is 11.9. The molecule has 102 valence electrons. The molecule has 1 aliphatic carbocycles. The van der Waals surface area contributed by atoms with E-state index in [1.165, 1.54) is 38.5 Å². The molecule has 1 aliphatic rings. The molecule has 3 atom stereocenters. The van der Waals surface area contributed by atoms with Crippen LogP contribution in [0.4, 0.5) is 0 Å². The van der Waals surface area contributed by atoms with Gasteiger partial charge in [-0.1, -0.05) is 40.0 Å². The van der Waals surface area contributed by atoms with Gasteiger partial charge in [-0.15, -0.1) is 0 Å². The quantitative estimate of drug-likeness (QED) is 0.699. The summed E-state index contributed by atoms with van der Waals surface area (Å²) in [7, 11) is 0. The molecule has 0 aromatic rings. The maximum Gasteiger partial charge on any atom is 0.0445 e. The predicted octanol–water partition coefficient (Wildman–Crippen LogP) is 3.34. The molecule has 0 aromatic heterocycles. The predicted molar refractivity (Wildman–Crippen MR) is 74.1 cm³/mol. The van der Waals surface area contributed by atoms with Crippen molar-refractivity contribution in [2.24, 2.45) is 11.8 Å². The van der Waals surface area contributed by atoms with Crippen LogP contribution in [0.2, 0.25) is 0 Å². The molecule has 0 radical (unpaired) electrons. The highest BCUT2D eigenvalue weighted by molar-refractivity contribution is 4.80. The van der Waals surface area contributed by atoms with Gasteiger partial charge in [-0.2, -0.15) is 0 Å². The van der Waals surface area contributed by atoms with Crippen molar-refractivity contribution in [3.8, 4) is 0 Å². The number of hydrogen-bond donors (Lipinski definition) is 2. The first kappa shape index (κ1) is 15.0. The summed E-state index contributed by atoms with van der Waals surface area (Å²) in [5.74, 6) is 1.57. The molecule has 17 heavy (non-hydrogen) atoms. The summed E-state index contributed by atoms with van der Waals surface area (Å²) in [4.78, 5) is 0. The van der Waals surface area contributed by atoms with Crippen molar-refractivity contribution in [3.63, 3.8) is 0 Å². The van der Waals surface area contributed by atoms with Gasteiger partial charge in [-0.05, 0) is 37.5 Å². The standard InChI is InChI=1S/C15H31NO/c1-4-13-6-5-7-14(9-8-13)16-15(10-11-17)12(2)3/h12-17H,4-11H2,1-3H3. The first-order chi connectivity index (χ1) is 8.17. The van der Waals surface area contributed by atoms with E-state index in [2.05, 4.69) is 26.1 Å². The zero-order chi connectivity index (χ0) is 12.7. The first-order valence-corrected chi connectivity index (χ1v) is 7.54. The van der Waals surface area contributed by atoms with Crippen LogP contribution in [0.3, 0.4) is 0 Å². The second-order valence-corrected chi connectivity index (χ2v) is 6.01. The van der Waals surface area contributed by atoms with E-state index in [0.29, 0.717) is 24.6 Å². The van der Waals surface area contributed by atoms with Gasteiger partial charge in [0.05, 0.1) is 0 Å². The smallest absolute Gasteiger partial charge is 0.0445 e. The first-order valence-electron chi connectivity index (χ1n) is 7.54. The SMILES string of the molecule is CCC1CCCC(NC(CCO)C(C)C)CC1. The van der Waals surface area contributed by atoms with E-state index < -0.39 is 0 Å². The molecule has 0 heterocycles. The third kappa shape index (κ3) is 5.39. The molecule has 1 fully saturated rings. The van der Waals surface area contributed by atoms with E-state index in [9.17, 15) is 0 Å². The van der Waals surface area contributed by atoms with Crippen LogP contribution in [-0.2, 0) is 0 Å². The summed E-state index contributed by atoms with van der Waals surface area (Å²) in [6.07, 6.45) is 9.07. The average Bonchev–Trinajstić information content (AvgIpc) is 2.53. The molecular weight excluding hydrogens is 210 g/mol. The van der Waals surface area contributed by atoms with Gasteiger partial charge in [0.1, 0.15) is 0 Å². The summed E-state index contributed by atoms with van der Waals surface area (Å²) in [6.45, 7) is 7.12. The second-order valence-electron chi connectivity index (χ2n) is 6.01. The fourth-order valence-corrected chi connectivity index (χ4v) is 3.00. The van der Waals surface area contributed by atoms with Crippen LogP contribution in [0, 0.1) is 11.8 Å². The van der Waals surface area contributed by atoms with Crippen molar-refractivity contribution >= 4 is 0 Å². The number of nitrogens with one attached hydrogen (secondary N) is 1. The molecule has 2 N–H and O–H groups in total. The van der Waals surface area contributed by atoms with E-state index in [-0.39, 0.29) is 0 Å². The Hall–Kier alpha value is -0.0800. The lowest BCUT2D eigenvalue weighted by atomic mass is 9.96. The van der Waals surface area contributed by atoms with Gasteiger partial charge in [0.2, 0.25) is 0 Å². The fraction of sp³-hybridized carbons (Fsp3) is 1.00. The van der Waals surface area contributed by atoms with Gasteiger partial charge in [-0.25, -0.2) is 0 Å². The third-order valence-electron chi connectivity index (χ3n) is 4.36. The molecule has 1 rings (SSSR count). The van der Waals surface area contributed by atoms with E-state index in [1.54, 1.807) is 0 Å². The van der Waals surface area contributed by atoms with Crippen LogP contribution < -0.4 is 5.32 Å². The van der Waals surface area contributed by atoms with Crippen molar-refractivity contribution in [2.45, 2.75) is 77.8 Å². The van der Waals surface area contributed by atoms with Gasteiger partial charge >= 0.3 is 0 Å². The number of aliphatic hydroxyl groups excluding tert-OH is 1. The summed E-state index contributed by atoms with van der Waals surface area (Å²) in [6, 6.07) is 1.17. The van der Waals surface area contributed by atoms with Crippen LogP contribution >= 0.6 is 0 Å². The topological polar surface area (TPSA) is 32.3 Å². The van der Waals surface area contributed by atoms with Crippen LogP contribution in [0.25, 0.3) is 0 Å². The van der Waals surface area contributed by atoms with Gasteiger partial charge in [-0.3, -0.25) is 0 Å². The lowest BCUT2D eigenvalue weighted by molar-refractivity contribution is 0.230. The number of rotatable bonds is 6. The van der Waals surface area contributed by atoms with E-state index in [4.69, 9.17) is 5.11 Å². The van der Waals surface area contributed by atoms with Crippen LogP contribution in [0.1, 0.15) is 65.7 Å². The minimum Gasteiger partial charge on any atom is -0.396 e. The second kappa shape index (κ2) is 8.10. The maximum atomic E-state index is 9.11. The molecule has 0 bridgehead atoms. The Kier molecular flexibility index (Phi) is 7.14. The van der Waals surface area contributed by atoms with Gasteiger partial charge < -0.3 is 10.4 Å². The fourth-order valence-electron chi connectivity index (χ4n) is 3.00. The number of aliphatic hydroxyl groups is 1. The Labute approximate surface area is 107 Å². The van der Waals surface area contributed by atoms with Gasteiger partial charge in [0, 0.05) is 18.7 Å². The van der Waals surface area contributed by atoms with E-state index in [0.717, 1.165) is 12.3 Å². The molecule has 0 saturated heterocycles. The third-order valence-corrected chi connectivity index (χ3v) is 4.36. The molecule has 0 amide bonds. The molecule has 3 unspecified atom stereocenters. The summed E-state index contributed by atoms with van der Waals surface area (Å²) >= 11 is 0. The molecule has 0 aromatic carbocycles. The monoisotopic (exact) mass is 241 g/mol. The van der Waals surface area contributed by atoms with E-state index >= 15 is 0 Å². The lowest BCUT2D eigenvalue weighted by Crippen LogP contribution is -2.41. The van der Waals surface area contributed by atoms with Crippen molar-refractivity contribution in [1.82, 2.24) is 5.32 Å². The number of hydrogen-bond acceptors (Lipinski definition) is 2. The van der Waals surface area contributed by atoms with Gasteiger partial charge in [0.25, 0.3) is 0 Å². The Balaban J connectivity index is 2.38. The van der Waals surface area contributed by atoms with Crippen molar-refractivity contribution in [2.75, 3.05) is 6.61 Å². The maximum absolute atomic E-state index is 9.11. The van der Waals surface area contributed by atoms with Gasteiger partial charge in [0.15, 0.2) is 0 Å². The molecular formula is C15H31NO. The van der Waals surface area contributed by atoms with Crippen molar-refractivity contribution in [3.05, 3.63) is 0 Å². The Morgan fingerprint density at radius 3 is 2.53 bits per heavy atom. The molecule has 2 nitrogen and oxygen atoms in total. The summed E-state index contributed by atoms with van der Waals surface area (Å²) in [5, 5.41) is 12.9. The Morgan fingerprint density at radius 2 is 1.94 bits per heavy atom.